The number of hydrogen-bond donors (Lipinski definition) is 0. The fourth-order valence-corrected chi connectivity index (χ4v) is 6.94. The number of amides is 1. The zero-order valence-corrected chi connectivity index (χ0v) is 24.3. The fraction of sp³-hybridized carbons (Fsp3) is 0.250. The van der Waals surface area contributed by atoms with E-state index in [2.05, 4.69) is 120 Å². The van der Waals surface area contributed by atoms with E-state index in [1.807, 2.05) is 11.9 Å². The Bertz CT molecular complexity index is 2110. The predicted molar refractivity (Wildman–Crippen MR) is 173 cm³/mol. The molecule has 0 saturated heterocycles. The van der Waals surface area contributed by atoms with Crippen LogP contribution in [0, 0.1) is 0 Å². The molecule has 4 heterocycles. The van der Waals surface area contributed by atoms with E-state index in [4.69, 9.17) is 0 Å². The summed E-state index contributed by atoms with van der Waals surface area (Å²) in [5.74, 6) is 0.185. The van der Waals surface area contributed by atoms with E-state index in [9.17, 15) is 4.79 Å². The largest absolute Gasteiger partial charge is 0.350 e. The summed E-state index contributed by atoms with van der Waals surface area (Å²) in [4.78, 5) is 13.9. The van der Waals surface area contributed by atoms with Crippen molar-refractivity contribution in [2.24, 2.45) is 7.05 Å². The van der Waals surface area contributed by atoms with Crippen LogP contribution in [0.5, 0.6) is 0 Å². The molecule has 8 rings (SSSR count). The number of aromatic nitrogens is 3. The Morgan fingerprint density at radius 3 is 1.90 bits per heavy atom. The summed E-state index contributed by atoms with van der Waals surface area (Å²) in [7, 11) is 4.02. The van der Waals surface area contributed by atoms with Gasteiger partial charge in [-0.05, 0) is 48.7 Å². The van der Waals surface area contributed by atoms with Crippen molar-refractivity contribution < 1.29 is 4.79 Å². The number of carbonyl (C=O) groups excluding carboxylic acids is 1. The third kappa shape index (κ3) is 3.79. The first kappa shape index (κ1) is 25.5. The molecule has 5 nitrogen and oxygen atoms in total. The fourth-order valence-electron chi connectivity index (χ4n) is 6.94. The van der Waals surface area contributed by atoms with Crippen LogP contribution in [-0.2, 0) is 31.4 Å². The highest BCUT2D eigenvalue weighted by atomic mass is 16.2. The Balaban J connectivity index is 0.000000135. The monoisotopic (exact) mass is 540 g/mol. The molecular weight excluding hydrogens is 504 g/mol. The summed E-state index contributed by atoms with van der Waals surface area (Å²) in [5, 5.41) is 6.55. The Morgan fingerprint density at radius 2 is 1.24 bits per heavy atom. The molecule has 1 amide bonds. The molecule has 0 bridgehead atoms. The minimum Gasteiger partial charge on any atom is -0.350 e. The number of aryl methyl sites for hydroxylation is 3. The van der Waals surface area contributed by atoms with Crippen LogP contribution < -0.4 is 4.90 Å². The third-order valence-corrected chi connectivity index (χ3v) is 8.71. The lowest BCUT2D eigenvalue weighted by Crippen LogP contribution is -2.20. The smallest absolute Gasteiger partial charge is 0.231 e. The molecule has 3 aromatic heterocycles. The minimum atomic E-state index is 0.185. The van der Waals surface area contributed by atoms with Crippen molar-refractivity contribution in [3.63, 3.8) is 0 Å². The maximum absolute atomic E-state index is 12.1. The molecule has 0 saturated carbocycles. The number of hydrogen-bond acceptors (Lipinski definition) is 1. The van der Waals surface area contributed by atoms with Gasteiger partial charge in [-0.3, -0.25) is 4.79 Å². The van der Waals surface area contributed by atoms with Crippen LogP contribution in [0.2, 0.25) is 0 Å². The van der Waals surface area contributed by atoms with Crippen molar-refractivity contribution >= 4 is 66.1 Å². The molecule has 1 aliphatic heterocycles. The second-order valence-electron chi connectivity index (χ2n) is 11.3. The molecular formula is C36H36N4O. The molecule has 0 atom stereocenters. The highest BCUT2D eigenvalue weighted by Gasteiger charge is 2.28. The van der Waals surface area contributed by atoms with Gasteiger partial charge in [-0.2, -0.15) is 0 Å². The standard InChI is InChI=1S/C18H18N2O.C18H18N2/c1-3-10-20-14-7-5-4-6-13(14)17-15(20)9-8-12-11-16(21)19(2)18(12)17;1-3-11-20-15-7-5-4-6-14(15)17-16(20)9-8-13-10-12-19(2)18(13)17/h4-9H,3,10-11H2,1-2H3;4-10,12H,3,11H2,1-2H3. The van der Waals surface area contributed by atoms with E-state index in [0.717, 1.165) is 37.2 Å². The van der Waals surface area contributed by atoms with Crippen LogP contribution in [0.4, 0.5) is 5.69 Å². The molecule has 0 radical (unpaired) electrons. The normalized spacial score (nSPS) is 13.2. The molecule has 0 spiro atoms. The van der Waals surface area contributed by atoms with E-state index in [1.165, 1.54) is 54.5 Å². The zero-order chi connectivity index (χ0) is 28.2. The average Bonchev–Trinajstić information content (AvgIpc) is 3.71. The van der Waals surface area contributed by atoms with Crippen molar-refractivity contribution in [2.75, 3.05) is 11.9 Å². The lowest BCUT2D eigenvalue weighted by atomic mass is 10.1. The first-order chi connectivity index (χ1) is 20.0. The second-order valence-corrected chi connectivity index (χ2v) is 11.3. The summed E-state index contributed by atoms with van der Waals surface area (Å²) in [6, 6.07) is 28.3. The van der Waals surface area contributed by atoms with E-state index < -0.39 is 0 Å². The molecule has 41 heavy (non-hydrogen) atoms. The number of likely N-dealkylation sites (N-methyl/N-ethyl adjacent to an activating group) is 1. The molecule has 0 fully saturated rings. The molecule has 0 aliphatic carbocycles. The Hall–Kier alpha value is -4.51. The van der Waals surface area contributed by atoms with Crippen LogP contribution in [-0.4, -0.2) is 26.7 Å². The molecule has 0 N–H and O–H groups in total. The topological polar surface area (TPSA) is 35.1 Å². The van der Waals surface area contributed by atoms with Gasteiger partial charge >= 0.3 is 0 Å². The van der Waals surface area contributed by atoms with Crippen LogP contribution in [0.1, 0.15) is 32.3 Å². The highest BCUT2D eigenvalue weighted by molar-refractivity contribution is 6.21. The van der Waals surface area contributed by atoms with E-state index in [0.29, 0.717) is 6.42 Å². The minimum absolute atomic E-state index is 0.185. The van der Waals surface area contributed by atoms with Gasteiger partial charge in [0.1, 0.15) is 0 Å². The van der Waals surface area contributed by atoms with Crippen molar-refractivity contribution in [3.05, 3.63) is 90.6 Å². The van der Waals surface area contributed by atoms with Gasteiger partial charge < -0.3 is 18.6 Å². The SMILES string of the molecule is CCCn1c2ccccc2c2c3c(ccc21)CC(=O)N3C.CCCn1c2ccccc2c2c3c(ccc21)ccn3C. The zero-order valence-electron chi connectivity index (χ0n) is 24.3. The van der Waals surface area contributed by atoms with Crippen LogP contribution in [0.15, 0.2) is 85.1 Å². The highest BCUT2D eigenvalue weighted by Crippen LogP contribution is 2.41. The molecule has 0 unspecified atom stereocenters. The molecule has 4 aromatic carbocycles. The molecule has 7 aromatic rings. The van der Waals surface area contributed by atoms with Crippen molar-refractivity contribution in [2.45, 2.75) is 46.2 Å². The van der Waals surface area contributed by atoms with Gasteiger partial charge in [0.05, 0.1) is 28.7 Å². The maximum atomic E-state index is 12.1. The van der Waals surface area contributed by atoms with Gasteiger partial charge in [0.25, 0.3) is 0 Å². The third-order valence-electron chi connectivity index (χ3n) is 8.71. The van der Waals surface area contributed by atoms with Crippen LogP contribution >= 0.6 is 0 Å². The molecule has 5 heteroatoms. The van der Waals surface area contributed by atoms with Crippen molar-refractivity contribution in [1.82, 2.24) is 13.7 Å². The van der Waals surface area contributed by atoms with Crippen molar-refractivity contribution in [1.29, 1.82) is 0 Å². The number of anilines is 1. The summed E-state index contributed by atoms with van der Waals surface area (Å²) >= 11 is 0. The van der Waals surface area contributed by atoms with Crippen LogP contribution in [0.3, 0.4) is 0 Å². The van der Waals surface area contributed by atoms with Crippen LogP contribution in [0.25, 0.3) is 54.5 Å². The van der Waals surface area contributed by atoms with E-state index in [-0.39, 0.29) is 5.91 Å². The van der Waals surface area contributed by atoms with Gasteiger partial charge in [-0.25, -0.2) is 0 Å². The number of benzene rings is 4. The number of rotatable bonds is 4. The van der Waals surface area contributed by atoms with E-state index >= 15 is 0 Å². The van der Waals surface area contributed by atoms with Crippen molar-refractivity contribution in [3.8, 4) is 0 Å². The number of carbonyl (C=O) groups is 1. The Kier molecular flexibility index (Phi) is 6.11. The quantitative estimate of drug-likeness (QED) is 0.221. The lowest BCUT2D eigenvalue weighted by molar-refractivity contribution is -0.117. The van der Waals surface area contributed by atoms with Gasteiger partial charge in [0, 0.05) is 71.3 Å². The predicted octanol–water partition coefficient (Wildman–Crippen LogP) is 8.42. The van der Waals surface area contributed by atoms with Gasteiger partial charge in [0.2, 0.25) is 5.91 Å². The first-order valence-electron chi connectivity index (χ1n) is 14.8. The van der Waals surface area contributed by atoms with Gasteiger partial charge in [-0.1, -0.05) is 62.4 Å². The lowest BCUT2D eigenvalue weighted by Gasteiger charge is -2.12. The number of nitrogens with zero attached hydrogens (tertiary/aromatic N) is 4. The first-order valence-corrected chi connectivity index (χ1v) is 14.8. The van der Waals surface area contributed by atoms with E-state index in [1.54, 1.807) is 0 Å². The summed E-state index contributed by atoms with van der Waals surface area (Å²) in [6.45, 7) is 6.51. The molecule has 206 valence electrons. The maximum Gasteiger partial charge on any atom is 0.231 e. The average molecular weight is 541 g/mol. The summed E-state index contributed by atoms with van der Waals surface area (Å²) < 4.78 is 7.07. The van der Waals surface area contributed by atoms with Gasteiger partial charge in [-0.15, -0.1) is 0 Å². The number of fused-ring (bicyclic) bond motifs is 10. The second kappa shape index (κ2) is 9.84. The Morgan fingerprint density at radius 1 is 0.659 bits per heavy atom. The summed E-state index contributed by atoms with van der Waals surface area (Å²) in [6.07, 6.45) is 4.92. The Labute approximate surface area is 240 Å². The summed E-state index contributed by atoms with van der Waals surface area (Å²) in [5.41, 5.74) is 8.78. The van der Waals surface area contributed by atoms with Gasteiger partial charge in [0.15, 0.2) is 0 Å². The molecule has 1 aliphatic rings. The number of para-hydroxylation sites is 2.